The van der Waals surface area contributed by atoms with E-state index in [4.69, 9.17) is 21.1 Å². The van der Waals surface area contributed by atoms with Crippen LogP contribution in [0.25, 0.3) is 0 Å². The van der Waals surface area contributed by atoms with Crippen LogP contribution in [0.15, 0.2) is 18.2 Å². The first-order valence-corrected chi connectivity index (χ1v) is 6.64. The molecule has 0 aliphatic carbocycles. The summed E-state index contributed by atoms with van der Waals surface area (Å²) in [6, 6.07) is 5.76. The van der Waals surface area contributed by atoms with E-state index >= 15 is 0 Å². The van der Waals surface area contributed by atoms with Crippen molar-refractivity contribution in [3.8, 4) is 11.5 Å². The second-order valence-electron chi connectivity index (χ2n) is 4.10. The molecule has 0 N–H and O–H groups in total. The smallest absolute Gasteiger partial charge is 0.127 e. The van der Waals surface area contributed by atoms with Crippen molar-refractivity contribution in [1.29, 1.82) is 0 Å². The SMILES string of the molecule is CCC(CC)COc1cc(OC)ccc1CCl. The standard InChI is InChI=1S/C14H21ClO2/c1-4-11(5-2)10-17-14-8-13(16-3)7-6-12(14)9-15/h6-8,11H,4-5,9-10H2,1-3H3. The molecular formula is C14H21ClO2. The average Bonchev–Trinajstić information content (AvgIpc) is 2.39. The minimum atomic E-state index is 0.461. The molecule has 0 radical (unpaired) electrons. The van der Waals surface area contributed by atoms with E-state index in [1.54, 1.807) is 7.11 Å². The van der Waals surface area contributed by atoms with E-state index in [9.17, 15) is 0 Å². The highest BCUT2D eigenvalue weighted by Gasteiger charge is 2.08. The second kappa shape index (κ2) is 7.44. The van der Waals surface area contributed by atoms with Crippen LogP contribution in [0.3, 0.4) is 0 Å². The third-order valence-corrected chi connectivity index (χ3v) is 3.34. The quantitative estimate of drug-likeness (QED) is 0.679. The lowest BCUT2D eigenvalue weighted by molar-refractivity contribution is 0.238. The first-order chi connectivity index (χ1) is 8.24. The molecule has 1 aromatic carbocycles. The molecule has 0 aliphatic rings. The van der Waals surface area contributed by atoms with Gasteiger partial charge in [-0.05, 0) is 12.0 Å². The molecule has 2 nitrogen and oxygen atoms in total. The van der Waals surface area contributed by atoms with Gasteiger partial charge in [0.15, 0.2) is 0 Å². The second-order valence-corrected chi connectivity index (χ2v) is 4.37. The van der Waals surface area contributed by atoms with Gasteiger partial charge in [-0.25, -0.2) is 0 Å². The lowest BCUT2D eigenvalue weighted by Gasteiger charge is -2.16. The zero-order valence-electron chi connectivity index (χ0n) is 10.8. The third-order valence-electron chi connectivity index (χ3n) is 3.05. The highest BCUT2D eigenvalue weighted by molar-refractivity contribution is 6.17. The maximum absolute atomic E-state index is 5.89. The van der Waals surface area contributed by atoms with Crippen LogP contribution in [0.2, 0.25) is 0 Å². The fraction of sp³-hybridized carbons (Fsp3) is 0.571. The number of ether oxygens (including phenoxy) is 2. The molecule has 0 spiro atoms. The van der Waals surface area contributed by atoms with Crippen molar-refractivity contribution >= 4 is 11.6 Å². The summed E-state index contributed by atoms with van der Waals surface area (Å²) in [6.07, 6.45) is 2.27. The minimum Gasteiger partial charge on any atom is -0.497 e. The number of halogens is 1. The molecule has 0 atom stereocenters. The van der Waals surface area contributed by atoms with E-state index in [1.165, 1.54) is 0 Å². The zero-order valence-corrected chi connectivity index (χ0v) is 11.6. The van der Waals surface area contributed by atoms with Gasteiger partial charge in [-0.15, -0.1) is 11.6 Å². The van der Waals surface area contributed by atoms with E-state index in [2.05, 4.69) is 13.8 Å². The van der Waals surface area contributed by atoms with Crippen LogP contribution >= 0.6 is 11.6 Å². The molecule has 1 rings (SSSR count). The monoisotopic (exact) mass is 256 g/mol. The van der Waals surface area contributed by atoms with Crippen molar-refractivity contribution < 1.29 is 9.47 Å². The predicted octanol–water partition coefficient (Wildman–Crippen LogP) is 4.25. The van der Waals surface area contributed by atoms with Gasteiger partial charge < -0.3 is 9.47 Å². The fourth-order valence-electron chi connectivity index (χ4n) is 1.64. The molecule has 17 heavy (non-hydrogen) atoms. The summed E-state index contributed by atoms with van der Waals surface area (Å²) in [5.74, 6) is 2.71. The molecule has 0 fully saturated rings. The maximum Gasteiger partial charge on any atom is 0.127 e. The van der Waals surface area contributed by atoms with Crippen molar-refractivity contribution in [3.63, 3.8) is 0 Å². The number of hydrogen-bond donors (Lipinski definition) is 0. The number of rotatable bonds is 7. The molecule has 1 aromatic rings. The number of hydrogen-bond acceptors (Lipinski definition) is 2. The molecule has 0 heterocycles. The maximum atomic E-state index is 5.89. The molecule has 96 valence electrons. The van der Waals surface area contributed by atoms with Crippen LogP contribution in [0.1, 0.15) is 32.3 Å². The lowest BCUT2D eigenvalue weighted by atomic mass is 10.1. The zero-order chi connectivity index (χ0) is 12.7. The summed E-state index contributed by atoms with van der Waals surface area (Å²) in [4.78, 5) is 0. The Labute approximate surface area is 109 Å². The molecule has 3 heteroatoms. The molecule has 0 aromatic heterocycles. The van der Waals surface area contributed by atoms with Gasteiger partial charge in [0.2, 0.25) is 0 Å². The number of methoxy groups -OCH3 is 1. The van der Waals surface area contributed by atoms with Crippen molar-refractivity contribution in [2.45, 2.75) is 32.6 Å². The Hall–Kier alpha value is -0.890. The van der Waals surface area contributed by atoms with Crippen LogP contribution < -0.4 is 9.47 Å². The van der Waals surface area contributed by atoms with Gasteiger partial charge in [-0.1, -0.05) is 32.8 Å². The highest BCUT2D eigenvalue weighted by Crippen LogP contribution is 2.27. The molecular weight excluding hydrogens is 236 g/mol. The largest absolute Gasteiger partial charge is 0.497 e. The Bertz CT molecular complexity index is 335. The van der Waals surface area contributed by atoms with E-state index in [1.807, 2.05) is 18.2 Å². The van der Waals surface area contributed by atoms with Crippen LogP contribution in [0.4, 0.5) is 0 Å². The van der Waals surface area contributed by atoms with Crippen molar-refractivity contribution in [2.75, 3.05) is 13.7 Å². The highest BCUT2D eigenvalue weighted by atomic mass is 35.5. The predicted molar refractivity (Wildman–Crippen MR) is 72.1 cm³/mol. The summed E-state index contributed by atoms with van der Waals surface area (Å²) < 4.78 is 11.0. The van der Waals surface area contributed by atoms with Crippen molar-refractivity contribution in [1.82, 2.24) is 0 Å². The van der Waals surface area contributed by atoms with Crippen LogP contribution in [-0.2, 0) is 5.88 Å². The minimum absolute atomic E-state index is 0.461. The Morgan fingerprint density at radius 3 is 2.47 bits per heavy atom. The van der Waals surface area contributed by atoms with Gasteiger partial charge in [0.1, 0.15) is 11.5 Å². The Kier molecular flexibility index (Phi) is 6.20. The van der Waals surface area contributed by atoms with Gasteiger partial charge in [0.05, 0.1) is 19.6 Å². The molecule has 0 bridgehead atoms. The fourth-order valence-corrected chi connectivity index (χ4v) is 1.86. The van der Waals surface area contributed by atoms with E-state index in [-0.39, 0.29) is 0 Å². The van der Waals surface area contributed by atoms with Gasteiger partial charge in [0.25, 0.3) is 0 Å². The average molecular weight is 257 g/mol. The molecule has 0 saturated carbocycles. The van der Waals surface area contributed by atoms with Crippen LogP contribution in [0, 0.1) is 5.92 Å². The van der Waals surface area contributed by atoms with Crippen molar-refractivity contribution in [3.05, 3.63) is 23.8 Å². The first-order valence-electron chi connectivity index (χ1n) is 6.10. The van der Waals surface area contributed by atoms with E-state index < -0.39 is 0 Å². The van der Waals surface area contributed by atoms with Crippen LogP contribution in [0.5, 0.6) is 11.5 Å². The van der Waals surface area contributed by atoms with Gasteiger partial charge in [-0.3, -0.25) is 0 Å². The van der Waals surface area contributed by atoms with Crippen molar-refractivity contribution in [2.24, 2.45) is 5.92 Å². The lowest BCUT2D eigenvalue weighted by Crippen LogP contribution is -2.11. The summed E-state index contributed by atoms with van der Waals surface area (Å²) in [7, 11) is 1.65. The Morgan fingerprint density at radius 1 is 1.24 bits per heavy atom. The van der Waals surface area contributed by atoms with Gasteiger partial charge >= 0.3 is 0 Å². The topological polar surface area (TPSA) is 18.5 Å². The van der Waals surface area contributed by atoms with Gasteiger partial charge in [-0.2, -0.15) is 0 Å². The van der Waals surface area contributed by atoms with E-state index in [0.717, 1.165) is 36.5 Å². The number of alkyl halides is 1. The normalized spacial score (nSPS) is 10.6. The molecule has 0 saturated heterocycles. The Balaban J connectivity index is 2.73. The summed E-state index contributed by atoms with van der Waals surface area (Å²) in [5, 5.41) is 0. The summed E-state index contributed by atoms with van der Waals surface area (Å²) in [5.41, 5.74) is 1.01. The van der Waals surface area contributed by atoms with E-state index in [0.29, 0.717) is 11.8 Å². The van der Waals surface area contributed by atoms with Gasteiger partial charge in [0, 0.05) is 11.6 Å². The third kappa shape index (κ3) is 4.12. The first kappa shape index (κ1) is 14.2. The summed E-state index contributed by atoms with van der Waals surface area (Å²) in [6.45, 7) is 5.11. The summed E-state index contributed by atoms with van der Waals surface area (Å²) >= 11 is 5.89. The Morgan fingerprint density at radius 2 is 1.94 bits per heavy atom. The molecule has 0 unspecified atom stereocenters. The van der Waals surface area contributed by atoms with Crippen LogP contribution in [-0.4, -0.2) is 13.7 Å². The molecule has 0 amide bonds. The molecule has 0 aliphatic heterocycles. The number of benzene rings is 1.